The van der Waals surface area contributed by atoms with Gasteiger partial charge in [-0.3, -0.25) is 0 Å². The summed E-state index contributed by atoms with van der Waals surface area (Å²) >= 11 is 6.69. The first kappa shape index (κ1) is 14.0. The van der Waals surface area contributed by atoms with E-state index >= 15 is 0 Å². The summed E-state index contributed by atoms with van der Waals surface area (Å²) in [5, 5.41) is 0. The highest BCUT2D eigenvalue weighted by molar-refractivity contribution is 8.34. The standard InChI is InChI=1S/C14H22S3/c1-3-5-6-7-9-14-15-10-13(8-4-2,11-16-14)12-17-14/h1H,4-12H2,2H3. The lowest BCUT2D eigenvalue weighted by Gasteiger charge is -2.52. The molecule has 0 aromatic heterocycles. The van der Waals surface area contributed by atoms with Gasteiger partial charge in [0, 0.05) is 23.7 Å². The van der Waals surface area contributed by atoms with E-state index in [1.807, 2.05) is 0 Å². The van der Waals surface area contributed by atoms with Gasteiger partial charge in [-0.2, -0.15) is 0 Å². The molecule has 3 fully saturated rings. The maximum absolute atomic E-state index is 5.31. The predicted octanol–water partition coefficient (Wildman–Crippen LogP) is 4.85. The van der Waals surface area contributed by atoms with Crippen LogP contribution in [0.3, 0.4) is 0 Å². The fourth-order valence-corrected chi connectivity index (χ4v) is 8.51. The van der Waals surface area contributed by atoms with Crippen molar-refractivity contribution >= 4 is 35.3 Å². The molecule has 0 spiro atoms. The first-order chi connectivity index (χ1) is 8.24. The fourth-order valence-electron chi connectivity index (χ4n) is 2.57. The Balaban J connectivity index is 1.80. The number of fused-ring (bicyclic) bond motifs is 3. The second-order valence-corrected chi connectivity index (χ2v) is 9.81. The Bertz CT molecular complexity index is 268. The van der Waals surface area contributed by atoms with Crippen molar-refractivity contribution in [2.24, 2.45) is 5.41 Å². The third-order valence-corrected chi connectivity index (χ3v) is 9.95. The average molecular weight is 287 g/mol. The Hall–Kier alpha value is 0.610. The molecule has 3 aliphatic heterocycles. The molecule has 17 heavy (non-hydrogen) atoms. The van der Waals surface area contributed by atoms with Crippen LogP contribution in [-0.2, 0) is 0 Å². The van der Waals surface area contributed by atoms with Gasteiger partial charge in [-0.1, -0.05) is 13.3 Å². The van der Waals surface area contributed by atoms with Crippen molar-refractivity contribution in [3.05, 3.63) is 0 Å². The van der Waals surface area contributed by atoms with Gasteiger partial charge in [-0.05, 0) is 31.1 Å². The molecule has 2 bridgehead atoms. The van der Waals surface area contributed by atoms with E-state index in [0.29, 0.717) is 8.83 Å². The van der Waals surface area contributed by atoms with Gasteiger partial charge in [0.25, 0.3) is 0 Å². The topological polar surface area (TPSA) is 0 Å². The molecule has 3 aliphatic rings. The van der Waals surface area contributed by atoms with Crippen LogP contribution in [0.1, 0.15) is 45.4 Å². The summed E-state index contributed by atoms with van der Waals surface area (Å²) in [5.41, 5.74) is 0.662. The molecule has 0 aromatic carbocycles. The molecule has 0 aromatic rings. The summed E-state index contributed by atoms with van der Waals surface area (Å²) in [6.45, 7) is 2.32. The zero-order valence-corrected chi connectivity index (χ0v) is 13.1. The molecule has 0 amide bonds. The maximum atomic E-state index is 5.31. The Morgan fingerprint density at radius 3 is 2.24 bits per heavy atom. The van der Waals surface area contributed by atoms with E-state index in [1.54, 1.807) is 0 Å². The lowest BCUT2D eigenvalue weighted by molar-refractivity contribution is 0.391. The van der Waals surface area contributed by atoms with Gasteiger partial charge < -0.3 is 0 Å². The zero-order chi connectivity index (χ0) is 12.2. The predicted molar refractivity (Wildman–Crippen MR) is 84.7 cm³/mol. The van der Waals surface area contributed by atoms with Crippen LogP contribution in [0, 0.1) is 17.8 Å². The van der Waals surface area contributed by atoms with Crippen molar-refractivity contribution in [3.8, 4) is 12.3 Å². The lowest BCUT2D eigenvalue weighted by Crippen LogP contribution is -2.44. The highest BCUT2D eigenvalue weighted by Gasteiger charge is 2.49. The van der Waals surface area contributed by atoms with Gasteiger partial charge in [-0.15, -0.1) is 47.6 Å². The Morgan fingerprint density at radius 1 is 1.06 bits per heavy atom. The first-order valence-electron chi connectivity index (χ1n) is 6.60. The molecule has 0 saturated carbocycles. The fraction of sp³-hybridized carbons (Fsp3) is 0.857. The normalized spacial score (nSPS) is 35.8. The monoisotopic (exact) mass is 286 g/mol. The van der Waals surface area contributed by atoms with Crippen molar-refractivity contribution < 1.29 is 0 Å². The Kier molecular flexibility index (Phi) is 5.09. The number of unbranched alkanes of at least 4 members (excludes halogenated alkanes) is 2. The lowest BCUT2D eigenvalue weighted by atomic mass is 9.90. The van der Waals surface area contributed by atoms with Crippen LogP contribution in [0.25, 0.3) is 0 Å². The third-order valence-electron chi connectivity index (χ3n) is 3.63. The minimum atomic E-state index is 0.490. The van der Waals surface area contributed by atoms with Crippen LogP contribution >= 0.6 is 35.3 Å². The van der Waals surface area contributed by atoms with Crippen molar-refractivity contribution in [1.29, 1.82) is 0 Å². The summed E-state index contributed by atoms with van der Waals surface area (Å²) in [5.74, 6) is 6.94. The molecular formula is C14H22S3. The van der Waals surface area contributed by atoms with E-state index in [0.717, 1.165) is 6.42 Å². The second-order valence-electron chi connectivity index (χ2n) is 5.21. The molecule has 0 atom stereocenters. The number of terminal acetylenes is 1. The van der Waals surface area contributed by atoms with E-state index in [1.165, 1.54) is 49.4 Å². The van der Waals surface area contributed by atoms with E-state index in [2.05, 4.69) is 48.1 Å². The van der Waals surface area contributed by atoms with Crippen LogP contribution in [0.15, 0.2) is 0 Å². The maximum Gasteiger partial charge on any atom is 0.107 e. The van der Waals surface area contributed by atoms with Gasteiger partial charge in [0.1, 0.15) is 3.41 Å². The SMILES string of the molecule is C#CCCCCC12SCC(CCC)(CS1)CS2. The smallest absolute Gasteiger partial charge is 0.107 e. The molecule has 0 aliphatic carbocycles. The summed E-state index contributed by atoms with van der Waals surface area (Å²) in [6, 6.07) is 0. The van der Waals surface area contributed by atoms with Crippen LogP contribution in [-0.4, -0.2) is 20.7 Å². The quantitative estimate of drug-likeness (QED) is 0.506. The van der Waals surface area contributed by atoms with Gasteiger partial charge in [-0.25, -0.2) is 0 Å². The first-order valence-corrected chi connectivity index (χ1v) is 9.55. The molecule has 0 unspecified atom stereocenters. The van der Waals surface area contributed by atoms with Gasteiger partial charge in [0.05, 0.1) is 0 Å². The number of rotatable bonds is 6. The largest absolute Gasteiger partial charge is 0.133 e. The summed E-state index contributed by atoms with van der Waals surface area (Å²) in [7, 11) is 0. The molecular weight excluding hydrogens is 264 g/mol. The number of thioether (sulfide) groups is 3. The van der Waals surface area contributed by atoms with Crippen molar-refractivity contribution in [2.45, 2.75) is 48.9 Å². The van der Waals surface area contributed by atoms with Gasteiger partial charge in [0.15, 0.2) is 0 Å². The molecule has 0 radical (unpaired) electrons. The minimum absolute atomic E-state index is 0.490. The van der Waals surface area contributed by atoms with Crippen LogP contribution in [0.5, 0.6) is 0 Å². The van der Waals surface area contributed by atoms with Crippen molar-refractivity contribution in [3.63, 3.8) is 0 Å². The summed E-state index contributed by atoms with van der Waals surface area (Å²) < 4.78 is 0.490. The van der Waals surface area contributed by atoms with Crippen molar-refractivity contribution in [1.82, 2.24) is 0 Å². The van der Waals surface area contributed by atoms with Gasteiger partial charge in [0.2, 0.25) is 0 Å². The van der Waals surface area contributed by atoms with E-state index in [4.69, 9.17) is 6.42 Å². The highest BCUT2D eigenvalue weighted by atomic mass is 32.3. The molecule has 3 rings (SSSR count). The number of hydrogen-bond donors (Lipinski definition) is 0. The summed E-state index contributed by atoms with van der Waals surface area (Å²) in [4.78, 5) is 0. The third kappa shape index (κ3) is 3.33. The number of hydrogen-bond acceptors (Lipinski definition) is 3. The van der Waals surface area contributed by atoms with Crippen LogP contribution in [0.2, 0.25) is 0 Å². The minimum Gasteiger partial charge on any atom is -0.133 e. The molecule has 3 heterocycles. The van der Waals surface area contributed by atoms with E-state index in [9.17, 15) is 0 Å². The molecule has 0 N–H and O–H groups in total. The second kappa shape index (κ2) is 6.17. The summed E-state index contributed by atoms with van der Waals surface area (Å²) in [6.07, 6.45) is 12.9. The molecule has 0 nitrogen and oxygen atoms in total. The Morgan fingerprint density at radius 2 is 1.71 bits per heavy atom. The zero-order valence-electron chi connectivity index (χ0n) is 10.7. The van der Waals surface area contributed by atoms with Gasteiger partial charge >= 0.3 is 0 Å². The Labute approximate surface area is 119 Å². The molecule has 3 saturated heterocycles. The highest BCUT2D eigenvalue weighted by Crippen LogP contribution is 2.64. The van der Waals surface area contributed by atoms with E-state index < -0.39 is 0 Å². The van der Waals surface area contributed by atoms with Crippen molar-refractivity contribution in [2.75, 3.05) is 17.3 Å². The van der Waals surface area contributed by atoms with Crippen LogP contribution < -0.4 is 0 Å². The average Bonchev–Trinajstić information content (AvgIpc) is 2.38. The molecule has 3 heteroatoms. The van der Waals surface area contributed by atoms with Crippen LogP contribution in [0.4, 0.5) is 0 Å². The molecule has 96 valence electrons. The van der Waals surface area contributed by atoms with E-state index in [-0.39, 0.29) is 0 Å².